The molecule has 1 heterocycles. The minimum atomic E-state index is -5.66. The van der Waals surface area contributed by atoms with E-state index in [4.69, 9.17) is 0 Å². The van der Waals surface area contributed by atoms with Gasteiger partial charge in [0.1, 0.15) is 5.75 Å². The summed E-state index contributed by atoms with van der Waals surface area (Å²) < 4.78 is 62.6. The van der Waals surface area contributed by atoms with Gasteiger partial charge < -0.3 is 4.18 Å². The predicted molar refractivity (Wildman–Crippen MR) is 79.3 cm³/mol. The molecule has 0 bridgehead atoms. The van der Waals surface area contributed by atoms with E-state index < -0.39 is 21.4 Å². The lowest BCUT2D eigenvalue weighted by atomic mass is 10.1. The van der Waals surface area contributed by atoms with Crippen molar-refractivity contribution in [3.05, 3.63) is 48.2 Å². The smallest absolute Gasteiger partial charge is 0.376 e. The Bertz CT molecular complexity index is 754. The Kier molecular flexibility index (Phi) is 4.93. The van der Waals surface area contributed by atoms with E-state index in [0.29, 0.717) is 11.3 Å². The molecule has 0 N–H and O–H groups in total. The second kappa shape index (κ2) is 6.57. The molecule has 1 aromatic carbocycles. The average molecular weight is 345 g/mol. The molecule has 0 fully saturated rings. The maximum absolute atomic E-state index is 12.2. The van der Waals surface area contributed by atoms with Gasteiger partial charge in [0, 0.05) is 11.8 Å². The molecule has 0 aliphatic heterocycles. The largest absolute Gasteiger partial charge is 0.534 e. The van der Waals surface area contributed by atoms with Crippen molar-refractivity contribution in [2.24, 2.45) is 0 Å². The normalized spacial score (nSPS) is 12.2. The highest BCUT2D eigenvalue weighted by Gasteiger charge is 2.48. The number of pyridine rings is 1. The number of aromatic nitrogens is 1. The zero-order valence-electron chi connectivity index (χ0n) is 12.2. The molecular formula is C15H14F3NO3S. The van der Waals surface area contributed by atoms with Gasteiger partial charge in [0.2, 0.25) is 0 Å². The summed E-state index contributed by atoms with van der Waals surface area (Å²) in [7, 11) is -5.66. The fourth-order valence-corrected chi connectivity index (χ4v) is 2.35. The van der Waals surface area contributed by atoms with Crippen molar-refractivity contribution in [2.75, 3.05) is 0 Å². The molecule has 0 amide bonds. The Morgan fingerprint density at radius 3 is 2.22 bits per heavy atom. The molecule has 0 unspecified atom stereocenters. The van der Waals surface area contributed by atoms with Gasteiger partial charge in [-0.3, -0.25) is 4.98 Å². The molecule has 0 spiro atoms. The summed E-state index contributed by atoms with van der Waals surface area (Å²) >= 11 is 0. The maximum atomic E-state index is 12.2. The Labute approximate surface area is 132 Å². The van der Waals surface area contributed by atoms with Gasteiger partial charge in [0.25, 0.3) is 0 Å². The summed E-state index contributed by atoms with van der Waals surface area (Å²) in [6.07, 6.45) is 3.65. The highest BCUT2D eigenvalue weighted by molar-refractivity contribution is 7.88. The van der Waals surface area contributed by atoms with Gasteiger partial charge in [0.05, 0.1) is 5.69 Å². The summed E-state index contributed by atoms with van der Waals surface area (Å²) in [5.41, 5.74) is -3.09. The first kappa shape index (κ1) is 17.3. The summed E-state index contributed by atoms with van der Waals surface area (Å²) in [5, 5.41) is 0. The third-order valence-corrected chi connectivity index (χ3v) is 3.98. The number of hydrogen-bond donors (Lipinski definition) is 0. The van der Waals surface area contributed by atoms with Gasteiger partial charge in [0.15, 0.2) is 0 Å². The van der Waals surface area contributed by atoms with Crippen molar-refractivity contribution in [1.29, 1.82) is 0 Å². The molecule has 124 valence electrons. The molecule has 1 aromatic heterocycles. The van der Waals surface area contributed by atoms with Crippen LogP contribution < -0.4 is 4.18 Å². The van der Waals surface area contributed by atoms with Crippen molar-refractivity contribution >= 4 is 10.1 Å². The average Bonchev–Trinajstić information content (AvgIpc) is 2.48. The van der Waals surface area contributed by atoms with Crippen LogP contribution in [0.25, 0.3) is 11.3 Å². The number of nitrogens with zero attached hydrogens (tertiary/aromatic N) is 1. The standard InChI is InChI=1S/C15H14F3NO3S/c1-2-3-11-4-9-14(19-10-11)12-5-7-13(8-6-12)22-23(20,21)15(16,17)18/h4-10H,2-3H2,1H3. The van der Waals surface area contributed by atoms with Gasteiger partial charge in [-0.25, -0.2) is 0 Å². The van der Waals surface area contributed by atoms with Crippen LogP contribution in [0.4, 0.5) is 13.2 Å². The van der Waals surface area contributed by atoms with Gasteiger partial charge >= 0.3 is 15.6 Å². The first-order chi connectivity index (χ1) is 10.7. The molecule has 23 heavy (non-hydrogen) atoms. The zero-order chi connectivity index (χ0) is 17.1. The molecule has 2 rings (SSSR count). The Balaban J connectivity index is 2.16. The first-order valence-electron chi connectivity index (χ1n) is 6.79. The number of halogens is 3. The Morgan fingerprint density at radius 2 is 1.74 bits per heavy atom. The highest BCUT2D eigenvalue weighted by atomic mass is 32.2. The molecule has 0 aliphatic rings. The molecule has 4 nitrogen and oxygen atoms in total. The summed E-state index contributed by atoms with van der Waals surface area (Å²) in [4.78, 5) is 4.27. The van der Waals surface area contributed by atoms with Gasteiger partial charge in [-0.2, -0.15) is 21.6 Å². The zero-order valence-corrected chi connectivity index (χ0v) is 13.0. The van der Waals surface area contributed by atoms with Crippen molar-refractivity contribution in [1.82, 2.24) is 4.98 Å². The van der Waals surface area contributed by atoms with Crippen molar-refractivity contribution in [3.8, 4) is 17.0 Å². The minimum absolute atomic E-state index is 0.409. The molecule has 0 radical (unpaired) electrons. The van der Waals surface area contributed by atoms with Crippen LogP contribution in [0.3, 0.4) is 0 Å². The van der Waals surface area contributed by atoms with Crippen molar-refractivity contribution < 1.29 is 25.8 Å². The van der Waals surface area contributed by atoms with Crippen molar-refractivity contribution in [3.63, 3.8) is 0 Å². The number of hydrogen-bond acceptors (Lipinski definition) is 4. The summed E-state index contributed by atoms with van der Waals surface area (Å²) in [6.45, 7) is 2.06. The Hall–Kier alpha value is -2.09. The summed E-state index contributed by atoms with van der Waals surface area (Å²) in [6, 6.07) is 8.92. The van der Waals surface area contributed by atoms with Crippen LogP contribution in [0, 0.1) is 0 Å². The lowest BCUT2D eigenvalue weighted by Gasteiger charge is -2.09. The molecule has 0 atom stereocenters. The number of alkyl halides is 3. The second-order valence-electron chi connectivity index (χ2n) is 4.81. The molecular weight excluding hydrogens is 331 g/mol. The monoisotopic (exact) mass is 345 g/mol. The van der Waals surface area contributed by atoms with Crippen LogP contribution in [-0.2, 0) is 16.5 Å². The second-order valence-corrected chi connectivity index (χ2v) is 6.35. The fraction of sp³-hybridized carbons (Fsp3) is 0.267. The van der Waals surface area contributed by atoms with E-state index in [0.717, 1.165) is 30.5 Å². The minimum Gasteiger partial charge on any atom is -0.376 e. The van der Waals surface area contributed by atoms with E-state index in [2.05, 4.69) is 16.1 Å². The lowest BCUT2D eigenvalue weighted by Crippen LogP contribution is -2.28. The highest BCUT2D eigenvalue weighted by Crippen LogP contribution is 2.28. The van der Waals surface area contributed by atoms with E-state index >= 15 is 0 Å². The van der Waals surface area contributed by atoms with E-state index in [1.54, 1.807) is 12.3 Å². The number of aryl methyl sites for hydroxylation is 1. The predicted octanol–water partition coefficient (Wildman–Crippen LogP) is 3.93. The van der Waals surface area contributed by atoms with Gasteiger partial charge in [-0.1, -0.05) is 19.4 Å². The lowest BCUT2D eigenvalue weighted by molar-refractivity contribution is -0.0500. The quantitative estimate of drug-likeness (QED) is 0.609. The van der Waals surface area contributed by atoms with E-state index in [-0.39, 0.29) is 0 Å². The molecule has 0 saturated heterocycles. The van der Waals surface area contributed by atoms with Crippen LogP contribution in [0.15, 0.2) is 42.6 Å². The van der Waals surface area contributed by atoms with Crippen LogP contribution in [0.1, 0.15) is 18.9 Å². The van der Waals surface area contributed by atoms with Crippen LogP contribution in [0.2, 0.25) is 0 Å². The Morgan fingerprint density at radius 1 is 1.09 bits per heavy atom. The van der Waals surface area contributed by atoms with Crippen LogP contribution in [-0.4, -0.2) is 18.9 Å². The maximum Gasteiger partial charge on any atom is 0.534 e. The molecule has 2 aromatic rings. The van der Waals surface area contributed by atoms with E-state index in [1.807, 2.05) is 6.07 Å². The number of benzene rings is 1. The van der Waals surface area contributed by atoms with E-state index in [1.165, 1.54) is 12.1 Å². The third kappa shape index (κ3) is 4.22. The molecule has 8 heteroatoms. The van der Waals surface area contributed by atoms with E-state index in [9.17, 15) is 21.6 Å². The fourth-order valence-electron chi connectivity index (χ4n) is 1.89. The first-order valence-corrected chi connectivity index (χ1v) is 8.20. The topological polar surface area (TPSA) is 56.3 Å². The third-order valence-electron chi connectivity index (χ3n) is 3.00. The van der Waals surface area contributed by atoms with Crippen molar-refractivity contribution in [2.45, 2.75) is 25.3 Å². The van der Waals surface area contributed by atoms with Gasteiger partial charge in [-0.15, -0.1) is 0 Å². The molecule has 0 aliphatic carbocycles. The summed E-state index contributed by atoms with van der Waals surface area (Å²) in [5.74, 6) is -0.409. The van der Waals surface area contributed by atoms with Crippen LogP contribution >= 0.6 is 0 Å². The number of rotatable bonds is 5. The van der Waals surface area contributed by atoms with Crippen LogP contribution in [0.5, 0.6) is 5.75 Å². The molecule has 0 saturated carbocycles. The SMILES string of the molecule is CCCc1ccc(-c2ccc(OS(=O)(=O)C(F)(F)F)cc2)nc1. The van der Waals surface area contributed by atoms with Gasteiger partial charge in [-0.05, 0) is 42.3 Å².